The third kappa shape index (κ3) is 1.40. The van der Waals surface area contributed by atoms with Crippen LogP contribution in [0.3, 0.4) is 0 Å². The molecule has 1 heterocycles. The van der Waals surface area contributed by atoms with Gasteiger partial charge in [-0.25, -0.2) is 0 Å². The fraction of sp³-hybridized carbons (Fsp3) is 0.600. The zero-order valence-electron chi connectivity index (χ0n) is 9.05. The molecule has 0 aromatic carbocycles. The van der Waals surface area contributed by atoms with Crippen molar-refractivity contribution in [2.24, 2.45) is 0 Å². The predicted octanol–water partition coefficient (Wildman–Crippen LogP) is 1.79. The number of ether oxygens (including phenoxy) is 4. The maximum Gasteiger partial charge on any atom is 0.273 e. The molecule has 14 heavy (non-hydrogen) atoms. The first-order valence-corrected chi connectivity index (χ1v) is 4.25. The molecule has 0 radical (unpaired) electrons. The summed E-state index contributed by atoms with van der Waals surface area (Å²) in [6, 6.07) is 0. The second-order valence-corrected chi connectivity index (χ2v) is 3.35. The molecule has 0 aromatic heterocycles. The molecule has 0 amide bonds. The first-order valence-electron chi connectivity index (χ1n) is 4.25. The SMILES string of the molecule is C=C1O[C@@](C)(OC)[C@](C)(OC)OC1=C. The van der Waals surface area contributed by atoms with Gasteiger partial charge < -0.3 is 18.9 Å². The fourth-order valence-electron chi connectivity index (χ4n) is 1.22. The van der Waals surface area contributed by atoms with Crippen LogP contribution >= 0.6 is 0 Å². The van der Waals surface area contributed by atoms with Crippen molar-refractivity contribution in [1.82, 2.24) is 0 Å². The smallest absolute Gasteiger partial charge is 0.273 e. The lowest BCUT2D eigenvalue weighted by atomic mass is 10.1. The van der Waals surface area contributed by atoms with Crippen molar-refractivity contribution in [2.45, 2.75) is 25.4 Å². The van der Waals surface area contributed by atoms with Crippen molar-refractivity contribution in [3.8, 4) is 0 Å². The average molecular weight is 200 g/mol. The van der Waals surface area contributed by atoms with Gasteiger partial charge >= 0.3 is 0 Å². The third-order valence-electron chi connectivity index (χ3n) is 2.55. The van der Waals surface area contributed by atoms with E-state index in [4.69, 9.17) is 18.9 Å². The van der Waals surface area contributed by atoms with E-state index in [1.54, 1.807) is 13.8 Å². The van der Waals surface area contributed by atoms with Crippen LogP contribution in [0, 0.1) is 0 Å². The molecule has 1 saturated heterocycles. The van der Waals surface area contributed by atoms with Crippen LogP contribution in [-0.4, -0.2) is 25.8 Å². The standard InChI is InChI=1S/C10H16O4/c1-7-8(2)14-10(4,12-6)9(3,11-5)13-7/h1-2H2,3-6H3/t9-,10-/m1/s1. The topological polar surface area (TPSA) is 36.9 Å². The molecule has 1 fully saturated rings. The summed E-state index contributed by atoms with van der Waals surface area (Å²) >= 11 is 0. The van der Waals surface area contributed by atoms with Gasteiger partial charge in [0.15, 0.2) is 11.5 Å². The molecule has 0 N–H and O–H groups in total. The highest BCUT2D eigenvalue weighted by Gasteiger charge is 2.54. The van der Waals surface area contributed by atoms with Crippen molar-refractivity contribution in [3.05, 3.63) is 24.7 Å². The molecule has 0 spiro atoms. The highest BCUT2D eigenvalue weighted by Crippen LogP contribution is 2.40. The third-order valence-corrected chi connectivity index (χ3v) is 2.55. The summed E-state index contributed by atoms with van der Waals surface area (Å²) in [6.45, 7) is 10.7. The van der Waals surface area contributed by atoms with Gasteiger partial charge in [0, 0.05) is 28.1 Å². The van der Waals surface area contributed by atoms with E-state index >= 15 is 0 Å². The van der Waals surface area contributed by atoms with Crippen LogP contribution < -0.4 is 0 Å². The van der Waals surface area contributed by atoms with Crippen molar-refractivity contribution >= 4 is 0 Å². The zero-order valence-corrected chi connectivity index (χ0v) is 9.05. The monoisotopic (exact) mass is 200 g/mol. The van der Waals surface area contributed by atoms with Gasteiger partial charge in [0.05, 0.1) is 0 Å². The molecule has 0 aliphatic carbocycles. The fourth-order valence-corrected chi connectivity index (χ4v) is 1.22. The lowest BCUT2D eigenvalue weighted by Gasteiger charge is -2.47. The Labute approximate surface area is 84.1 Å². The quantitative estimate of drug-likeness (QED) is 0.681. The molecule has 4 heteroatoms. The van der Waals surface area contributed by atoms with Crippen molar-refractivity contribution in [3.63, 3.8) is 0 Å². The van der Waals surface area contributed by atoms with E-state index in [1.165, 1.54) is 14.2 Å². The number of rotatable bonds is 2. The van der Waals surface area contributed by atoms with E-state index in [0.717, 1.165) is 0 Å². The molecule has 0 saturated carbocycles. The second-order valence-electron chi connectivity index (χ2n) is 3.35. The minimum atomic E-state index is -1.03. The van der Waals surface area contributed by atoms with E-state index in [-0.39, 0.29) is 0 Å². The van der Waals surface area contributed by atoms with Gasteiger partial charge in [0.25, 0.3) is 11.6 Å². The van der Waals surface area contributed by atoms with E-state index in [0.29, 0.717) is 11.5 Å². The molecule has 4 nitrogen and oxygen atoms in total. The Morgan fingerprint density at radius 3 is 1.43 bits per heavy atom. The Morgan fingerprint density at radius 2 is 1.21 bits per heavy atom. The van der Waals surface area contributed by atoms with Crippen molar-refractivity contribution in [1.29, 1.82) is 0 Å². The van der Waals surface area contributed by atoms with Crippen LogP contribution in [0.15, 0.2) is 24.7 Å². The van der Waals surface area contributed by atoms with Gasteiger partial charge in [-0.1, -0.05) is 13.2 Å². The lowest BCUT2D eigenvalue weighted by molar-refractivity contribution is -0.384. The van der Waals surface area contributed by atoms with Gasteiger partial charge in [-0.05, 0) is 0 Å². The van der Waals surface area contributed by atoms with Gasteiger partial charge in [0.2, 0.25) is 0 Å². The maximum atomic E-state index is 5.48. The van der Waals surface area contributed by atoms with Crippen LogP contribution in [-0.2, 0) is 18.9 Å². The summed E-state index contributed by atoms with van der Waals surface area (Å²) in [5, 5.41) is 0. The van der Waals surface area contributed by atoms with Gasteiger partial charge in [-0.15, -0.1) is 0 Å². The van der Waals surface area contributed by atoms with Crippen LogP contribution in [0.4, 0.5) is 0 Å². The minimum absolute atomic E-state index is 0.351. The van der Waals surface area contributed by atoms with E-state index in [1.807, 2.05) is 0 Å². The average Bonchev–Trinajstić information content (AvgIpc) is 2.15. The Bertz CT molecular complexity index is 245. The highest BCUT2D eigenvalue weighted by molar-refractivity contribution is 5.17. The van der Waals surface area contributed by atoms with Crippen LogP contribution in [0.1, 0.15) is 13.8 Å². The maximum absolute atomic E-state index is 5.48. The lowest BCUT2D eigenvalue weighted by Crippen LogP contribution is -2.58. The van der Waals surface area contributed by atoms with Gasteiger partial charge in [-0.3, -0.25) is 0 Å². The summed E-state index contributed by atoms with van der Waals surface area (Å²) < 4.78 is 21.4. The summed E-state index contributed by atoms with van der Waals surface area (Å²) in [7, 11) is 3.03. The Morgan fingerprint density at radius 1 is 0.929 bits per heavy atom. The Kier molecular flexibility index (Phi) is 2.61. The summed E-state index contributed by atoms with van der Waals surface area (Å²) in [5.74, 6) is -1.35. The molecule has 80 valence electrons. The van der Waals surface area contributed by atoms with E-state index in [9.17, 15) is 0 Å². The van der Waals surface area contributed by atoms with Gasteiger partial charge in [-0.2, -0.15) is 0 Å². The summed E-state index contributed by atoms with van der Waals surface area (Å²) in [4.78, 5) is 0. The molecular formula is C10H16O4. The minimum Gasteiger partial charge on any atom is -0.452 e. The van der Waals surface area contributed by atoms with Crippen molar-refractivity contribution in [2.75, 3.05) is 14.2 Å². The summed E-state index contributed by atoms with van der Waals surface area (Å²) in [6.07, 6.45) is 0. The largest absolute Gasteiger partial charge is 0.452 e. The zero-order chi connectivity index (χ0) is 11.0. The molecule has 1 rings (SSSR count). The molecular weight excluding hydrogens is 184 g/mol. The van der Waals surface area contributed by atoms with Crippen LogP contribution in [0.2, 0.25) is 0 Å². The molecule has 0 unspecified atom stereocenters. The van der Waals surface area contributed by atoms with Gasteiger partial charge in [0.1, 0.15) is 0 Å². The first kappa shape index (κ1) is 11.1. The predicted molar refractivity (Wildman–Crippen MR) is 51.3 cm³/mol. The molecule has 1 aliphatic rings. The number of methoxy groups -OCH3 is 2. The first-order chi connectivity index (χ1) is 6.38. The molecule has 0 aromatic rings. The Balaban J connectivity index is 3.03. The van der Waals surface area contributed by atoms with Crippen LogP contribution in [0.5, 0.6) is 0 Å². The highest BCUT2D eigenvalue weighted by atomic mass is 16.8. The van der Waals surface area contributed by atoms with Crippen molar-refractivity contribution < 1.29 is 18.9 Å². The number of hydrogen-bond acceptors (Lipinski definition) is 4. The Hall–Kier alpha value is -1.00. The normalized spacial score (nSPS) is 37.7. The molecule has 1 aliphatic heterocycles. The molecule has 2 atom stereocenters. The van der Waals surface area contributed by atoms with Crippen LogP contribution in [0.25, 0.3) is 0 Å². The summed E-state index contributed by atoms with van der Waals surface area (Å²) in [5.41, 5.74) is 0. The van der Waals surface area contributed by atoms with E-state index in [2.05, 4.69) is 13.2 Å². The van der Waals surface area contributed by atoms with E-state index < -0.39 is 11.6 Å². The number of hydrogen-bond donors (Lipinski definition) is 0. The second kappa shape index (κ2) is 3.29. The molecule has 0 bridgehead atoms.